The van der Waals surface area contributed by atoms with Gasteiger partial charge in [-0.2, -0.15) is 5.10 Å². The molecule has 0 spiro atoms. The zero-order chi connectivity index (χ0) is 23.7. The van der Waals surface area contributed by atoms with Crippen molar-refractivity contribution in [1.82, 2.24) is 19.7 Å². The lowest BCUT2D eigenvalue weighted by atomic mass is 10.1. The minimum Gasteiger partial charge on any atom is -0.342 e. The third kappa shape index (κ3) is 4.24. The van der Waals surface area contributed by atoms with Gasteiger partial charge in [0.15, 0.2) is 5.69 Å². The summed E-state index contributed by atoms with van der Waals surface area (Å²) >= 11 is 0. The maximum Gasteiger partial charge on any atom is 0.276 e. The van der Waals surface area contributed by atoms with Gasteiger partial charge in [-0.05, 0) is 48.0 Å². The lowest BCUT2D eigenvalue weighted by Gasteiger charge is -2.03. The van der Waals surface area contributed by atoms with Crippen molar-refractivity contribution in [2.75, 3.05) is 5.32 Å². The fraction of sp³-hybridized carbons (Fsp3) is 0.0417. The molecule has 0 aliphatic heterocycles. The molecule has 0 fully saturated rings. The van der Waals surface area contributed by atoms with Crippen LogP contribution in [0, 0.1) is 15.9 Å². The highest BCUT2D eigenvalue weighted by atomic mass is 19.1. The number of nitro benzene ring substituents is 1. The van der Waals surface area contributed by atoms with Gasteiger partial charge in [0.05, 0.1) is 21.6 Å². The Morgan fingerprint density at radius 1 is 1.09 bits per heavy atom. The van der Waals surface area contributed by atoms with Crippen molar-refractivity contribution >= 4 is 28.3 Å². The first-order valence-corrected chi connectivity index (χ1v) is 10.3. The van der Waals surface area contributed by atoms with Crippen LogP contribution in [0.5, 0.6) is 0 Å². The fourth-order valence-electron chi connectivity index (χ4n) is 3.56. The maximum absolute atomic E-state index is 13.9. The zero-order valence-electron chi connectivity index (χ0n) is 17.6. The number of hydrogen-bond donors (Lipinski definition) is 2. The van der Waals surface area contributed by atoms with Gasteiger partial charge >= 0.3 is 0 Å². The molecule has 0 atom stereocenters. The molecule has 0 aliphatic carbocycles. The molecule has 2 aromatic heterocycles. The van der Waals surface area contributed by atoms with Crippen molar-refractivity contribution < 1.29 is 14.1 Å². The summed E-state index contributed by atoms with van der Waals surface area (Å²) in [6.07, 6.45) is 1.92. The number of rotatable bonds is 6. The normalized spacial score (nSPS) is 11.0. The highest BCUT2D eigenvalue weighted by molar-refractivity contribution is 6.03. The van der Waals surface area contributed by atoms with E-state index in [0.29, 0.717) is 40.2 Å². The topological polar surface area (TPSA) is 119 Å². The summed E-state index contributed by atoms with van der Waals surface area (Å²) < 4.78 is 15.4. The SMILES string of the molecule is O=C(Nc1ccc2nc(Cc3ccccc3F)[nH]c2c1)c1ccn(-c2ccc([N+](=O)[O-])cc2)n1. The molecule has 0 aliphatic rings. The molecule has 0 radical (unpaired) electrons. The Bertz CT molecular complexity index is 1520. The van der Waals surface area contributed by atoms with Gasteiger partial charge in [-0.3, -0.25) is 14.9 Å². The quantitative estimate of drug-likeness (QED) is 0.285. The van der Waals surface area contributed by atoms with Gasteiger partial charge < -0.3 is 10.3 Å². The Balaban J connectivity index is 1.31. The molecule has 10 heteroatoms. The second-order valence-electron chi connectivity index (χ2n) is 7.56. The van der Waals surface area contributed by atoms with Crippen LogP contribution >= 0.6 is 0 Å². The van der Waals surface area contributed by atoms with E-state index in [1.54, 1.807) is 60.8 Å². The summed E-state index contributed by atoms with van der Waals surface area (Å²) in [5.74, 6) is -0.0828. The number of nitrogens with zero attached hydrogens (tertiary/aromatic N) is 4. The van der Waals surface area contributed by atoms with Gasteiger partial charge in [0.1, 0.15) is 11.6 Å². The number of aromatic amines is 1. The van der Waals surface area contributed by atoms with Gasteiger partial charge in [0.2, 0.25) is 0 Å². The monoisotopic (exact) mass is 456 g/mol. The van der Waals surface area contributed by atoms with Crippen LogP contribution in [-0.2, 0) is 6.42 Å². The van der Waals surface area contributed by atoms with E-state index in [-0.39, 0.29) is 17.2 Å². The summed E-state index contributed by atoms with van der Waals surface area (Å²) in [4.78, 5) is 30.7. The number of amides is 1. The fourth-order valence-corrected chi connectivity index (χ4v) is 3.56. The molecule has 3 aromatic carbocycles. The van der Waals surface area contributed by atoms with Crippen LogP contribution in [0.4, 0.5) is 15.8 Å². The molecule has 1 amide bonds. The zero-order valence-corrected chi connectivity index (χ0v) is 17.6. The predicted octanol–water partition coefficient (Wildman–Crippen LogP) is 4.64. The van der Waals surface area contributed by atoms with Crippen LogP contribution in [0.15, 0.2) is 79.0 Å². The molecule has 168 valence electrons. The number of anilines is 1. The molecular formula is C24H17FN6O3. The Labute approximate surface area is 192 Å². The lowest BCUT2D eigenvalue weighted by Crippen LogP contribution is -2.13. The van der Waals surface area contributed by atoms with Gasteiger partial charge in [0, 0.05) is 30.4 Å². The molecule has 0 saturated carbocycles. The van der Waals surface area contributed by atoms with E-state index in [9.17, 15) is 19.3 Å². The van der Waals surface area contributed by atoms with Crippen LogP contribution < -0.4 is 5.32 Å². The van der Waals surface area contributed by atoms with E-state index in [2.05, 4.69) is 20.4 Å². The molecule has 0 saturated heterocycles. The summed E-state index contributed by atoms with van der Waals surface area (Å²) in [5, 5.41) is 17.9. The number of carbonyl (C=O) groups excluding carboxylic acids is 1. The van der Waals surface area contributed by atoms with Gasteiger partial charge in [0.25, 0.3) is 11.6 Å². The number of nitro groups is 1. The molecule has 2 N–H and O–H groups in total. The Morgan fingerprint density at radius 2 is 1.88 bits per heavy atom. The van der Waals surface area contributed by atoms with Crippen LogP contribution in [-0.4, -0.2) is 30.6 Å². The lowest BCUT2D eigenvalue weighted by molar-refractivity contribution is -0.384. The number of imidazole rings is 1. The van der Waals surface area contributed by atoms with Crippen molar-refractivity contribution in [3.8, 4) is 5.69 Å². The van der Waals surface area contributed by atoms with E-state index in [0.717, 1.165) is 0 Å². The van der Waals surface area contributed by atoms with E-state index in [1.165, 1.54) is 22.9 Å². The minimum atomic E-state index is -0.481. The predicted molar refractivity (Wildman–Crippen MR) is 123 cm³/mol. The highest BCUT2D eigenvalue weighted by Crippen LogP contribution is 2.20. The number of nitrogens with one attached hydrogen (secondary N) is 2. The average Bonchev–Trinajstić information content (AvgIpc) is 3.47. The molecule has 34 heavy (non-hydrogen) atoms. The first-order chi connectivity index (χ1) is 16.5. The molecular weight excluding hydrogens is 439 g/mol. The number of non-ortho nitro benzene ring substituents is 1. The average molecular weight is 456 g/mol. The Kier molecular flexibility index (Phi) is 5.30. The minimum absolute atomic E-state index is 0.0277. The van der Waals surface area contributed by atoms with Crippen molar-refractivity contribution in [2.45, 2.75) is 6.42 Å². The van der Waals surface area contributed by atoms with Crippen LogP contribution in [0.25, 0.3) is 16.7 Å². The summed E-state index contributed by atoms with van der Waals surface area (Å²) in [6, 6.07) is 19.2. The number of carbonyl (C=O) groups is 1. The first kappa shape index (κ1) is 21.0. The van der Waals surface area contributed by atoms with Crippen LogP contribution in [0.1, 0.15) is 21.9 Å². The summed E-state index contributed by atoms with van der Waals surface area (Å²) in [7, 11) is 0. The van der Waals surface area contributed by atoms with E-state index in [1.807, 2.05) is 0 Å². The second-order valence-corrected chi connectivity index (χ2v) is 7.56. The molecule has 5 rings (SSSR count). The molecule has 5 aromatic rings. The first-order valence-electron chi connectivity index (χ1n) is 10.3. The standard InChI is InChI=1S/C24H17FN6O3/c25-19-4-2-1-3-15(19)13-23-27-20-10-5-16(14-22(20)28-23)26-24(32)21-11-12-30(29-21)17-6-8-18(9-7-17)31(33)34/h1-12,14H,13H2,(H,26,32)(H,27,28). The van der Waals surface area contributed by atoms with Gasteiger partial charge in [-0.1, -0.05) is 18.2 Å². The largest absolute Gasteiger partial charge is 0.342 e. The van der Waals surface area contributed by atoms with Gasteiger partial charge in [-0.25, -0.2) is 14.1 Å². The van der Waals surface area contributed by atoms with E-state index in [4.69, 9.17) is 0 Å². The van der Waals surface area contributed by atoms with E-state index < -0.39 is 10.8 Å². The van der Waals surface area contributed by atoms with Gasteiger partial charge in [-0.15, -0.1) is 0 Å². The third-order valence-corrected chi connectivity index (χ3v) is 5.25. The number of fused-ring (bicyclic) bond motifs is 1. The molecule has 0 bridgehead atoms. The summed E-state index contributed by atoms with van der Waals surface area (Å²) in [6.45, 7) is 0. The Morgan fingerprint density at radius 3 is 2.65 bits per heavy atom. The molecule has 0 unspecified atom stereocenters. The molecule has 2 heterocycles. The van der Waals surface area contributed by atoms with E-state index >= 15 is 0 Å². The number of aromatic nitrogens is 4. The number of benzene rings is 3. The Hall–Kier alpha value is -4.86. The summed E-state index contributed by atoms with van der Waals surface area (Å²) in [5.41, 5.74) is 3.24. The van der Waals surface area contributed by atoms with Crippen molar-refractivity contribution in [2.24, 2.45) is 0 Å². The smallest absolute Gasteiger partial charge is 0.276 e. The van der Waals surface area contributed by atoms with Crippen LogP contribution in [0.2, 0.25) is 0 Å². The van der Waals surface area contributed by atoms with Crippen molar-refractivity contribution in [3.63, 3.8) is 0 Å². The van der Waals surface area contributed by atoms with Crippen LogP contribution in [0.3, 0.4) is 0 Å². The van der Waals surface area contributed by atoms with Crippen molar-refractivity contribution in [3.05, 3.63) is 112 Å². The number of hydrogen-bond acceptors (Lipinski definition) is 5. The number of H-pyrrole nitrogens is 1. The number of halogens is 1. The highest BCUT2D eigenvalue weighted by Gasteiger charge is 2.13. The third-order valence-electron chi connectivity index (χ3n) is 5.25. The molecule has 9 nitrogen and oxygen atoms in total. The maximum atomic E-state index is 13.9. The van der Waals surface area contributed by atoms with Crippen molar-refractivity contribution in [1.29, 1.82) is 0 Å². The second kappa shape index (κ2) is 8.58.